The molecule has 64 heavy (non-hydrogen) atoms. The van der Waals surface area contributed by atoms with Crippen LogP contribution in [0.15, 0.2) is 267 Å². The van der Waals surface area contributed by atoms with Gasteiger partial charge in [0.05, 0.1) is 11.0 Å². The van der Waals surface area contributed by atoms with Crippen LogP contribution in [0.25, 0.3) is 38.6 Å². The van der Waals surface area contributed by atoms with E-state index in [1.807, 2.05) is 0 Å². The van der Waals surface area contributed by atoms with E-state index in [1.165, 1.54) is 21.9 Å². The van der Waals surface area contributed by atoms with Gasteiger partial charge in [-0.15, -0.1) is 0 Å². The van der Waals surface area contributed by atoms with E-state index in [4.69, 9.17) is 0 Å². The molecule has 1 heterocycles. The summed E-state index contributed by atoms with van der Waals surface area (Å²) in [7, 11) is 0. The quantitative estimate of drug-likeness (QED) is 0.129. The third-order valence-electron chi connectivity index (χ3n) is 11.9. The van der Waals surface area contributed by atoms with Crippen LogP contribution in [0.1, 0.15) is 0 Å². The first kappa shape index (κ1) is 38.3. The number of nitrogens with zero attached hydrogens (tertiary/aromatic N) is 4. The zero-order valence-corrected chi connectivity index (χ0v) is 35.2. The molecule has 0 N–H and O–H groups in total. The Morgan fingerprint density at radius 2 is 0.609 bits per heavy atom. The molecular formula is C60H44N4. The molecule has 0 saturated heterocycles. The van der Waals surface area contributed by atoms with Crippen LogP contribution in [0.3, 0.4) is 0 Å². The van der Waals surface area contributed by atoms with E-state index < -0.39 is 0 Å². The van der Waals surface area contributed by atoms with Gasteiger partial charge in [0.1, 0.15) is 0 Å². The van der Waals surface area contributed by atoms with Crippen molar-refractivity contribution in [3.8, 4) is 16.8 Å². The van der Waals surface area contributed by atoms with Crippen LogP contribution >= 0.6 is 0 Å². The smallest absolute Gasteiger partial charge is 0.0547 e. The van der Waals surface area contributed by atoms with Gasteiger partial charge in [0, 0.05) is 67.6 Å². The van der Waals surface area contributed by atoms with Crippen LogP contribution in [0.5, 0.6) is 0 Å². The van der Waals surface area contributed by atoms with E-state index in [1.54, 1.807) is 0 Å². The molecular weight excluding hydrogens is 777 g/mol. The highest BCUT2D eigenvalue weighted by Gasteiger charge is 2.22. The predicted molar refractivity (Wildman–Crippen MR) is 270 cm³/mol. The second kappa shape index (κ2) is 17.0. The number of hydrogen-bond acceptors (Lipinski definition) is 3. The van der Waals surface area contributed by atoms with E-state index in [0.717, 1.165) is 67.9 Å². The highest BCUT2D eigenvalue weighted by molar-refractivity contribution is 6.16. The summed E-state index contributed by atoms with van der Waals surface area (Å²) in [5, 5.41) is 2.40. The number of anilines is 9. The number of para-hydroxylation sites is 5. The molecule has 0 radical (unpaired) electrons. The van der Waals surface area contributed by atoms with Crippen molar-refractivity contribution in [1.29, 1.82) is 0 Å². The summed E-state index contributed by atoms with van der Waals surface area (Å²) in [5.74, 6) is 0. The van der Waals surface area contributed by atoms with E-state index in [-0.39, 0.29) is 0 Å². The van der Waals surface area contributed by atoms with E-state index in [2.05, 4.69) is 286 Å². The maximum atomic E-state index is 2.41. The number of hydrogen-bond donors (Lipinski definition) is 0. The molecule has 0 bridgehead atoms. The van der Waals surface area contributed by atoms with Crippen molar-refractivity contribution in [3.05, 3.63) is 267 Å². The molecule has 0 spiro atoms. The zero-order chi connectivity index (χ0) is 42.7. The summed E-state index contributed by atoms with van der Waals surface area (Å²) in [6.07, 6.45) is 0. The average molecular weight is 821 g/mol. The Morgan fingerprint density at radius 3 is 1.06 bits per heavy atom. The molecule has 11 rings (SSSR count). The zero-order valence-electron chi connectivity index (χ0n) is 35.2. The fourth-order valence-corrected chi connectivity index (χ4v) is 9.10. The van der Waals surface area contributed by atoms with E-state index in [9.17, 15) is 0 Å². The van der Waals surface area contributed by atoms with Crippen LogP contribution in [0.2, 0.25) is 0 Å². The Labute approximate surface area is 374 Å². The van der Waals surface area contributed by atoms with Gasteiger partial charge in [-0.3, -0.25) is 0 Å². The van der Waals surface area contributed by atoms with Gasteiger partial charge in [-0.2, -0.15) is 0 Å². The molecule has 0 saturated carbocycles. The lowest BCUT2D eigenvalue weighted by molar-refractivity contribution is 1.18. The second-order valence-corrected chi connectivity index (χ2v) is 15.8. The van der Waals surface area contributed by atoms with Crippen LogP contribution in [0, 0.1) is 0 Å². The largest absolute Gasteiger partial charge is 0.310 e. The predicted octanol–water partition coefficient (Wildman–Crippen LogP) is 16.9. The van der Waals surface area contributed by atoms with Gasteiger partial charge in [-0.05, 0) is 132 Å². The van der Waals surface area contributed by atoms with Crippen molar-refractivity contribution < 1.29 is 0 Å². The first-order valence-corrected chi connectivity index (χ1v) is 21.8. The standard InChI is InChI=1S/C60H44N4/c1-7-22-45(23-8-1)56-38-21-39-59-60(56)57-44-55(40-41-58(57)64(59)50-32-17-6-18-33-50)63(53-36-19-34-51(42-53)61(46-24-9-2-10-25-46)47-26-11-3-12-27-47)54-37-20-35-52(43-54)62(48-28-13-4-14-29-48)49-30-15-5-16-31-49/h1-44H. The number of rotatable bonds is 11. The van der Waals surface area contributed by atoms with Crippen molar-refractivity contribution in [1.82, 2.24) is 4.57 Å². The van der Waals surface area contributed by atoms with Crippen molar-refractivity contribution in [2.24, 2.45) is 0 Å². The Bertz CT molecular complexity index is 3110. The molecule has 4 nitrogen and oxygen atoms in total. The topological polar surface area (TPSA) is 14.7 Å². The minimum Gasteiger partial charge on any atom is -0.310 e. The van der Waals surface area contributed by atoms with Crippen molar-refractivity contribution in [3.63, 3.8) is 0 Å². The lowest BCUT2D eigenvalue weighted by Crippen LogP contribution is -2.14. The monoisotopic (exact) mass is 820 g/mol. The minimum atomic E-state index is 1.03. The molecule has 0 fully saturated rings. The molecule has 0 aliphatic heterocycles. The van der Waals surface area contributed by atoms with Gasteiger partial charge in [-0.25, -0.2) is 0 Å². The summed E-state index contributed by atoms with van der Waals surface area (Å²) < 4.78 is 2.40. The summed E-state index contributed by atoms with van der Waals surface area (Å²) >= 11 is 0. The summed E-state index contributed by atoms with van der Waals surface area (Å²) in [6.45, 7) is 0. The molecule has 10 aromatic carbocycles. The fourth-order valence-electron chi connectivity index (χ4n) is 9.10. The average Bonchev–Trinajstić information content (AvgIpc) is 3.70. The number of fused-ring (bicyclic) bond motifs is 3. The summed E-state index contributed by atoms with van der Waals surface area (Å²) in [4.78, 5) is 7.06. The van der Waals surface area contributed by atoms with Crippen molar-refractivity contribution in [2.75, 3.05) is 14.7 Å². The maximum absolute atomic E-state index is 2.41. The van der Waals surface area contributed by atoms with Gasteiger partial charge in [0.15, 0.2) is 0 Å². The van der Waals surface area contributed by atoms with Crippen LogP contribution in [-0.2, 0) is 0 Å². The SMILES string of the molecule is c1ccc(-c2cccc3c2c2cc(N(c4cccc(N(c5ccccc5)c5ccccc5)c4)c4cccc(N(c5ccccc5)c5ccccc5)c4)ccc2n3-c2ccccc2)cc1. The number of aromatic nitrogens is 1. The van der Waals surface area contributed by atoms with Crippen LogP contribution in [-0.4, -0.2) is 4.57 Å². The third-order valence-corrected chi connectivity index (χ3v) is 11.9. The summed E-state index contributed by atoms with van der Waals surface area (Å²) in [6, 6.07) is 95.4. The fraction of sp³-hybridized carbons (Fsp3) is 0. The lowest BCUT2D eigenvalue weighted by atomic mass is 9.99. The normalized spacial score (nSPS) is 11.1. The van der Waals surface area contributed by atoms with Crippen LogP contribution < -0.4 is 14.7 Å². The van der Waals surface area contributed by atoms with Crippen molar-refractivity contribution >= 4 is 73.0 Å². The third kappa shape index (κ3) is 7.23. The van der Waals surface area contributed by atoms with Gasteiger partial charge in [-0.1, -0.05) is 146 Å². The van der Waals surface area contributed by atoms with Gasteiger partial charge in [0.2, 0.25) is 0 Å². The highest BCUT2D eigenvalue weighted by Crippen LogP contribution is 2.46. The lowest BCUT2D eigenvalue weighted by Gasteiger charge is -2.31. The molecule has 0 aliphatic carbocycles. The molecule has 11 aromatic rings. The Kier molecular flexibility index (Phi) is 10.2. The molecule has 0 aliphatic rings. The molecule has 4 heteroatoms. The van der Waals surface area contributed by atoms with Gasteiger partial charge >= 0.3 is 0 Å². The Morgan fingerprint density at radius 1 is 0.250 bits per heavy atom. The van der Waals surface area contributed by atoms with Crippen molar-refractivity contribution in [2.45, 2.75) is 0 Å². The summed E-state index contributed by atoms with van der Waals surface area (Å²) in [5.41, 5.74) is 15.4. The second-order valence-electron chi connectivity index (χ2n) is 15.8. The van der Waals surface area contributed by atoms with Gasteiger partial charge < -0.3 is 19.3 Å². The molecule has 1 aromatic heterocycles. The maximum Gasteiger partial charge on any atom is 0.0547 e. The van der Waals surface area contributed by atoms with E-state index >= 15 is 0 Å². The molecule has 0 amide bonds. The van der Waals surface area contributed by atoms with Crippen LogP contribution in [0.4, 0.5) is 51.2 Å². The molecule has 304 valence electrons. The van der Waals surface area contributed by atoms with Gasteiger partial charge in [0.25, 0.3) is 0 Å². The Hall–Kier alpha value is -8.60. The molecule has 0 atom stereocenters. The number of benzene rings is 10. The minimum absolute atomic E-state index is 1.03. The first-order valence-electron chi connectivity index (χ1n) is 21.8. The highest BCUT2D eigenvalue weighted by atomic mass is 15.2. The Balaban J connectivity index is 1.16. The molecule has 0 unspecified atom stereocenters. The van der Waals surface area contributed by atoms with E-state index in [0.29, 0.717) is 0 Å². The first-order chi connectivity index (χ1) is 31.8.